The number of rotatable bonds is 8. The Morgan fingerprint density at radius 3 is 2.23 bits per heavy atom. The van der Waals surface area contributed by atoms with E-state index in [9.17, 15) is 14.9 Å². The van der Waals surface area contributed by atoms with E-state index in [4.69, 9.17) is 18.9 Å². The second kappa shape index (κ2) is 8.70. The molecule has 0 unspecified atom stereocenters. The van der Waals surface area contributed by atoms with Crippen molar-refractivity contribution in [2.45, 2.75) is 6.92 Å². The molecule has 8 heteroatoms. The minimum Gasteiger partial charge on any atom is -0.493 e. The van der Waals surface area contributed by atoms with Crippen LogP contribution in [0.4, 0.5) is 5.69 Å². The molecular formula is C18H19NO7. The Bertz CT molecular complexity index is 787. The van der Waals surface area contributed by atoms with Gasteiger partial charge in [-0.3, -0.25) is 10.1 Å². The van der Waals surface area contributed by atoms with Crippen molar-refractivity contribution in [2.75, 3.05) is 27.4 Å². The largest absolute Gasteiger partial charge is 0.493 e. The van der Waals surface area contributed by atoms with E-state index in [0.717, 1.165) is 11.6 Å². The number of benzene rings is 2. The molecular weight excluding hydrogens is 342 g/mol. The molecule has 0 radical (unpaired) electrons. The highest BCUT2D eigenvalue weighted by Crippen LogP contribution is 2.34. The highest BCUT2D eigenvalue weighted by molar-refractivity contribution is 5.95. The summed E-state index contributed by atoms with van der Waals surface area (Å²) < 4.78 is 20.6. The molecule has 0 fully saturated rings. The molecule has 0 saturated heterocycles. The SMILES string of the molecule is COc1cc(C(=O)OCCOc2ccc(C)cc2)c([N+](=O)[O-])cc1OC. The lowest BCUT2D eigenvalue weighted by atomic mass is 10.1. The monoisotopic (exact) mass is 361 g/mol. The van der Waals surface area contributed by atoms with Crippen LogP contribution in [0.1, 0.15) is 15.9 Å². The van der Waals surface area contributed by atoms with E-state index in [1.54, 1.807) is 12.1 Å². The number of nitrogens with zero attached hydrogens (tertiary/aromatic N) is 1. The number of nitro groups is 1. The second-order valence-corrected chi connectivity index (χ2v) is 5.28. The zero-order valence-corrected chi connectivity index (χ0v) is 14.7. The lowest BCUT2D eigenvalue weighted by Gasteiger charge is -2.11. The minimum atomic E-state index is -0.842. The molecule has 2 aromatic carbocycles. The summed E-state index contributed by atoms with van der Waals surface area (Å²) in [6, 6.07) is 9.74. The topological polar surface area (TPSA) is 97.1 Å². The molecule has 8 nitrogen and oxygen atoms in total. The van der Waals surface area contributed by atoms with Crippen LogP contribution in [0.2, 0.25) is 0 Å². The maximum absolute atomic E-state index is 12.2. The van der Waals surface area contributed by atoms with Gasteiger partial charge in [-0.05, 0) is 19.1 Å². The van der Waals surface area contributed by atoms with E-state index in [-0.39, 0.29) is 30.3 Å². The lowest BCUT2D eigenvalue weighted by molar-refractivity contribution is -0.385. The van der Waals surface area contributed by atoms with Crippen LogP contribution in [0.5, 0.6) is 17.2 Å². The molecule has 0 aliphatic carbocycles. The van der Waals surface area contributed by atoms with Gasteiger partial charge < -0.3 is 18.9 Å². The average molecular weight is 361 g/mol. The first-order valence-corrected chi connectivity index (χ1v) is 7.73. The Morgan fingerprint density at radius 1 is 1.04 bits per heavy atom. The van der Waals surface area contributed by atoms with E-state index in [0.29, 0.717) is 5.75 Å². The Balaban J connectivity index is 2.03. The maximum Gasteiger partial charge on any atom is 0.345 e. The number of hydrogen-bond donors (Lipinski definition) is 0. The number of aryl methyl sites for hydroxylation is 1. The molecule has 0 amide bonds. The predicted octanol–water partition coefficient (Wildman–Crippen LogP) is 3.16. The molecule has 0 aromatic heterocycles. The van der Waals surface area contributed by atoms with Crippen LogP contribution in [-0.4, -0.2) is 38.3 Å². The van der Waals surface area contributed by atoms with E-state index in [1.807, 2.05) is 19.1 Å². The van der Waals surface area contributed by atoms with Gasteiger partial charge in [0.2, 0.25) is 0 Å². The molecule has 2 rings (SSSR count). The number of esters is 1. The smallest absolute Gasteiger partial charge is 0.345 e. The molecule has 138 valence electrons. The van der Waals surface area contributed by atoms with Crippen LogP contribution in [0.25, 0.3) is 0 Å². The van der Waals surface area contributed by atoms with Gasteiger partial charge in [-0.2, -0.15) is 0 Å². The first-order valence-electron chi connectivity index (χ1n) is 7.73. The minimum absolute atomic E-state index is 0.0573. The van der Waals surface area contributed by atoms with Gasteiger partial charge in [-0.1, -0.05) is 17.7 Å². The van der Waals surface area contributed by atoms with Crippen molar-refractivity contribution in [1.82, 2.24) is 0 Å². The summed E-state index contributed by atoms with van der Waals surface area (Å²) in [7, 11) is 2.72. The predicted molar refractivity (Wildman–Crippen MR) is 93.2 cm³/mol. The lowest BCUT2D eigenvalue weighted by Crippen LogP contribution is -2.14. The Kier molecular flexibility index (Phi) is 6.37. The fourth-order valence-electron chi connectivity index (χ4n) is 2.19. The fraction of sp³-hybridized carbons (Fsp3) is 0.278. The third kappa shape index (κ3) is 4.62. The van der Waals surface area contributed by atoms with Crippen molar-refractivity contribution in [2.24, 2.45) is 0 Å². The van der Waals surface area contributed by atoms with Crippen molar-refractivity contribution in [3.05, 3.63) is 57.6 Å². The van der Waals surface area contributed by atoms with Crippen molar-refractivity contribution >= 4 is 11.7 Å². The number of carbonyl (C=O) groups is 1. The molecule has 0 spiro atoms. The van der Waals surface area contributed by atoms with Gasteiger partial charge in [0, 0.05) is 6.07 Å². The first-order chi connectivity index (χ1) is 12.5. The van der Waals surface area contributed by atoms with Gasteiger partial charge in [-0.25, -0.2) is 4.79 Å². The number of methoxy groups -OCH3 is 2. The summed E-state index contributed by atoms with van der Waals surface area (Å²) in [5.74, 6) is 0.147. The molecule has 0 aliphatic heterocycles. The number of carbonyl (C=O) groups excluding carboxylic acids is 1. The van der Waals surface area contributed by atoms with E-state index in [2.05, 4.69) is 0 Å². The van der Waals surface area contributed by atoms with Gasteiger partial charge in [-0.15, -0.1) is 0 Å². The highest BCUT2D eigenvalue weighted by Gasteiger charge is 2.25. The summed E-state index contributed by atoms with van der Waals surface area (Å²) in [5.41, 5.74) is 0.458. The van der Waals surface area contributed by atoms with Crippen molar-refractivity contribution in [3.8, 4) is 17.2 Å². The van der Waals surface area contributed by atoms with Crippen LogP contribution in [-0.2, 0) is 4.74 Å². The van der Waals surface area contributed by atoms with E-state index < -0.39 is 16.6 Å². The van der Waals surface area contributed by atoms with E-state index in [1.165, 1.54) is 20.3 Å². The van der Waals surface area contributed by atoms with Crippen LogP contribution >= 0.6 is 0 Å². The van der Waals surface area contributed by atoms with Crippen LogP contribution < -0.4 is 14.2 Å². The normalized spacial score (nSPS) is 10.1. The fourth-order valence-corrected chi connectivity index (χ4v) is 2.19. The molecule has 0 saturated carbocycles. The van der Waals surface area contributed by atoms with Gasteiger partial charge in [0.25, 0.3) is 5.69 Å². The highest BCUT2D eigenvalue weighted by atomic mass is 16.6. The molecule has 2 aromatic rings. The van der Waals surface area contributed by atoms with Gasteiger partial charge in [0.05, 0.1) is 25.2 Å². The molecule has 0 bridgehead atoms. The van der Waals surface area contributed by atoms with Crippen LogP contribution in [0.3, 0.4) is 0 Å². The number of nitro benzene ring substituents is 1. The van der Waals surface area contributed by atoms with Crippen molar-refractivity contribution < 1.29 is 28.7 Å². The van der Waals surface area contributed by atoms with Crippen LogP contribution in [0.15, 0.2) is 36.4 Å². The molecule has 0 atom stereocenters. The van der Waals surface area contributed by atoms with Gasteiger partial charge >= 0.3 is 5.97 Å². The quantitative estimate of drug-likeness (QED) is 0.308. The van der Waals surface area contributed by atoms with Gasteiger partial charge in [0.1, 0.15) is 24.5 Å². The second-order valence-electron chi connectivity index (χ2n) is 5.28. The third-order valence-corrected chi connectivity index (χ3v) is 3.52. The summed E-state index contributed by atoms with van der Waals surface area (Å²) >= 11 is 0. The first kappa shape index (κ1) is 19.0. The molecule has 0 aliphatic rings. The summed E-state index contributed by atoms with van der Waals surface area (Å²) in [4.78, 5) is 22.7. The standard InChI is InChI=1S/C18H19NO7/c1-12-4-6-13(7-5-12)25-8-9-26-18(20)14-10-16(23-2)17(24-3)11-15(14)19(21)22/h4-7,10-11H,8-9H2,1-3H3. The molecule has 0 heterocycles. The summed E-state index contributed by atoms with van der Waals surface area (Å²) in [5, 5.41) is 11.2. The summed E-state index contributed by atoms with van der Waals surface area (Å²) in [6.45, 7) is 2.02. The van der Waals surface area contributed by atoms with Gasteiger partial charge in [0.15, 0.2) is 11.5 Å². The maximum atomic E-state index is 12.2. The Labute approximate surface area is 150 Å². The number of ether oxygens (including phenoxy) is 4. The number of hydrogen-bond acceptors (Lipinski definition) is 7. The van der Waals surface area contributed by atoms with E-state index >= 15 is 0 Å². The van der Waals surface area contributed by atoms with Crippen LogP contribution in [0, 0.1) is 17.0 Å². The summed E-state index contributed by atoms with van der Waals surface area (Å²) in [6.07, 6.45) is 0. The zero-order valence-electron chi connectivity index (χ0n) is 14.7. The molecule has 26 heavy (non-hydrogen) atoms. The average Bonchev–Trinajstić information content (AvgIpc) is 2.65. The Morgan fingerprint density at radius 2 is 1.65 bits per heavy atom. The third-order valence-electron chi connectivity index (χ3n) is 3.52. The Hall–Kier alpha value is -3.29. The zero-order chi connectivity index (χ0) is 19.1. The molecule has 0 N–H and O–H groups in total. The van der Waals surface area contributed by atoms with Crippen molar-refractivity contribution in [3.63, 3.8) is 0 Å². The van der Waals surface area contributed by atoms with Crippen molar-refractivity contribution in [1.29, 1.82) is 0 Å².